The normalized spacial score (nSPS) is 25.5. The summed E-state index contributed by atoms with van der Waals surface area (Å²) in [6.45, 7) is 0.616. The molecule has 2 aromatic carbocycles. The van der Waals surface area contributed by atoms with E-state index in [-0.39, 0.29) is 24.3 Å². The van der Waals surface area contributed by atoms with Crippen molar-refractivity contribution >= 4 is 29.2 Å². The Balaban J connectivity index is 1.67. The van der Waals surface area contributed by atoms with Crippen LogP contribution in [0.3, 0.4) is 0 Å². The summed E-state index contributed by atoms with van der Waals surface area (Å²) >= 11 is 0. The van der Waals surface area contributed by atoms with Crippen LogP contribution in [0.5, 0.6) is 0 Å². The quantitative estimate of drug-likeness (QED) is 0.683. The summed E-state index contributed by atoms with van der Waals surface area (Å²) in [5.41, 5.74) is -1.66. The minimum Gasteiger partial charge on any atom is -0.377 e. The third-order valence-corrected chi connectivity index (χ3v) is 6.31. The highest BCUT2D eigenvalue weighted by atomic mass is 19.4. The molecule has 0 aromatic heterocycles. The first-order valence-corrected chi connectivity index (χ1v) is 10.0. The van der Waals surface area contributed by atoms with E-state index < -0.39 is 41.0 Å². The molecule has 0 saturated carbocycles. The minimum absolute atomic E-state index is 0.0242. The van der Waals surface area contributed by atoms with Crippen molar-refractivity contribution in [2.75, 3.05) is 29.6 Å². The summed E-state index contributed by atoms with van der Waals surface area (Å²) in [5.74, 6) is -1.61. The maximum Gasteiger partial charge on any atom is 0.416 e. The second kappa shape index (κ2) is 7.06. The lowest BCUT2D eigenvalue weighted by Crippen LogP contribution is -2.74. The smallest absolute Gasteiger partial charge is 0.377 e. The number of amides is 4. The van der Waals surface area contributed by atoms with Crippen molar-refractivity contribution in [1.82, 2.24) is 5.32 Å². The van der Waals surface area contributed by atoms with Gasteiger partial charge in [-0.15, -0.1) is 0 Å². The van der Waals surface area contributed by atoms with Gasteiger partial charge in [-0.2, -0.15) is 13.2 Å². The number of benzene rings is 2. The van der Waals surface area contributed by atoms with Crippen molar-refractivity contribution in [3.05, 3.63) is 59.7 Å². The molecule has 0 bridgehead atoms. The van der Waals surface area contributed by atoms with E-state index in [1.807, 2.05) is 0 Å². The van der Waals surface area contributed by atoms with Crippen molar-refractivity contribution in [2.24, 2.45) is 5.41 Å². The van der Waals surface area contributed by atoms with Crippen LogP contribution in [-0.4, -0.2) is 43.6 Å². The van der Waals surface area contributed by atoms with Crippen LogP contribution >= 0.6 is 0 Å². The molecule has 10 heteroatoms. The molecule has 1 N–H and O–H groups in total. The summed E-state index contributed by atoms with van der Waals surface area (Å²) in [5, 5.41) is 2.25. The summed E-state index contributed by atoms with van der Waals surface area (Å²) < 4.78 is 45.7. The van der Waals surface area contributed by atoms with Crippen LogP contribution in [0, 0.1) is 5.41 Å². The largest absolute Gasteiger partial charge is 0.416 e. The molecule has 0 unspecified atom stereocenters. The Bertz CT molecular complexity index is 1120. The molecule has 166 valence electrons. The van der Waals surface area contributed by atoms with Crippen molar-refractivity contribution < 1.29 is 32.3 Å². The van der Waals surface area contributed by atoms with Gasteiger partial charge in [0.05, 0.1) is 30.5 Å². The van der Waals surface area contributed by atoms with E-state index in [4.69, 9.17) is 4.74 Å². The third-order valence-electron chi connectivity index (χ3n) is 6.31. The number of imide groups is 2. The second-order valence-electron chi connectivity index (χ2n) is 8.01. The average Bonchev–Trinajstić information content (AvgIpc) is 2.77. The first kappa shape index (κ1) is 20.5. The number of nitrogens with zero attached hydrogens (tertiary/aromatic N) is 2. The molecule has 7 nitrogen and oxygen atoms in total. The molecule has 4 amide bonds. The van der Waals surface area contributed by atoms with Crippen molar-refractivity contribution in [1.29, 1.82) is 0 Å². The Kier molecular flexibility index (Phi) is 4.52. The SMILES string of the molecule is O=C1NC(=O)[C@@]2(Cc3cc(C(F)(F)F)ccc3N3CCOC[C@H]32)C(=O)N1c1ccccc1. The van der Waals surface area contributed by atoms with Crippen LogP contribution in [0.2, 0.25) is 0 Å². The van der Waals surface area contributed by atoms with E-state index in [9.17, 15) is 27.6 Å². The predicted octanol–water partition coefficient (Wildman–Crippen LogP) is 2.74. The number of carbonyl (C=O) groups excluding carboxylic acids is 3. The average molecular weight is 445 g/mol. The lowest BCUT2D eigenvalue weighted by Gasteiger charge is -2.53. The van der Waals surface area contributed by atoms with Crippen molar-refractivity contribution in [3.63, 3.8) is 0 Å². The molecule has 3 heterocycles. The molecule has 2 fully saturated rings. The van der Waals surface area contributed by atoms with Crippen LogP contribution in [0.15, 0.2) is 48.5 Å². The minimum atomic E-state index is -4.57. The maximum atomic E-state index is 13.8. The Hall–Kier alpha value is -3.40. The molecule has 3 aliphatic heterocycles. The fourth-order valence-electron chi connectivity index (χ4n) is 4.82. The Morgan fingerprint density at radius 1 is 1.06 bits per heavy atom. The van der Waals surface area contributed by atoms with E-state index in [1.54, 1.807) is 35.2 Å². The Morgan fingerprint density at radius 2 is 1.81 bits per heavy atom. The number of fused-ring (bicyclic) bond motifs is 4. The van der Waals surface area contributed by atoms with E-state index in [1.165, 1.54) is 6.07 Å². The number of morpholine rings is 1. The standard InChI is InChI=1S/C22H18F3N3O4/c23-22(24,25)14-6-7-16-13(10-14)11-21(17-12-32-9-8-27(16)17)18(29)26-20(31)28(19(21)30)15-4-2-1-3-5-15/h1-7,10,17H,8-9,11-12H2,(H,26,29,31)/t17-,21-/m0/s1. The fraction of sp³-hybridized carbons (Fsp3) is 0.318. The number of ether oxygens (including phenoxy) is 1. The Labute approximate surface area is 180 Å². The van der Waals surface area contributed by atoms with E-state index in [2.05, 4.69) is 5.32 Å². The molecule has 3 aliphatic rings. The number of carbonyl (C=O) groups is 3. The summed E-state index contributed by atoms with van der Waals surface area (Å²) in [6, 6.07) is 9.77. The topological polar surface area (TPSA) is 79.0 Å². The highest BCUT2D eigenvalue weighted by Crippen LogP contribution is 2.47. The highest BCUT2D eigenvalue weighted by molar-refractivity contribution is 6.30. The van der Waals surface area contributed by atoms with Crippen LogP contribution < -0.4 is 15.1 Å². The monoisotopic (exact) mass is 445 g/mol. The zero-order valence-corrected chi connectivity index (χ0v) is 16.7. The van der Waals surface area contributed by atoms with Gasteiger partial charge in [0.25, 0.3) is 5.91 Å². The summed E-state index contributed by atoms with van der Waals surface area (Å²) in [7, 11) is 0. The molecular formula is C22H18F3N3O4. The molecule has 0 aliphatic carbocycles. The lowest BCUT2D eigenvalue weighted by atomic mass is 9.68. The Morgan fingerprint density at radius 3 is 2.53 bits per heavy atom. The van der Waals surface area contributed by atoms with Crippen molar-refractivity contribution in [2.45, 2.75) is 18.6 Å². The molecule has 2 aromatic rings. The first-order chi connectivity index (χ1) is 15.2. The van der Waals surface area contributed by atoms with Crippen LogP contribution in [0.25, 0.3) is 0 Å². The number of urea groups is 1. The summed E-state index contributed by atoms with van der Waals surface area (Å²) in [6.07, 6.45) is -4.85. The van der Waals surface area contributed by atoms with Gasteiger partial charge in [0.1, 0.15) is 0 Å². The van der Waals surface area contributed by atoms with Gasteiger partial charge in [-0.3, -0.25) is 14.9 Å². The maximum absolute atomic E-state index is 13.8. The van der Waals surface area contributed by atoms with Crippen molar-refractivity contribution in [3.8, 4) is 0 Å². The van der Waals surface area contributed by atoms with Gasteiger partial charge >= 0.3 is 12.2 Å². The lowest BCUT2D eigenvalue weighted by molar-refractivity contribution is -0.146. The van der Waals surface area contributed by atoms with Gasteiger partial charge in [0.2, 0.25) is 5.91 Å². The number of para-hydroxylation sites is 1. The molecule has 0 radical (unpaired) electrons. The predicted molar refractivity (Wildman–Crippen MR) is 107 cm³/mol. The molecular weight excluding hydrogens is 427 g/mol. The van der Waals surface area contributed by atoms with E-state index in [0.29, 0.717) is 18.8 Å². The molecule has 5 rings (SSSR count). The number of rotatable bonds is 1. The van der Waals surface area contributed by atoms with E-state index >= 15 is 0 Å². The second-order valence-corrected chi connectivity index (χ2v) is 8.01. The highest BCUT2D eigenvalue weighted by Gasteiger charge is 2.63. The van der Waals surface area contributed by atoms with Crippen LogP contribution in [0.1, 0.15) is 11.1 Å². The zero-order chi connectivity index (χ0) is 22.7. The number of hydrogen-bond acceptors (Lipinski definition) is 5. The number of nitrogens with one attached hydrogen (secondary N) is 1. The molecule has 32 heavy (non-hydrogen) atoms. The van der Waals surface area contributed by atoms with Gasteiger partial charge in [-0.25, -0.2) is 9.69 Å². The van der Waals surface area contributed by atoms with E-state index in [0.717, 1.165) is 17.0 Å². The van der Waals surface area contributed by atoms with Gasteiger partial charge in [-0.05, 0) is 42.3 Å². The van der Waals surface area contributed by atoms with Gasteiger partial charge in [0, 0.05) is 12.2 Å². The fourth-order valence-corrected chi connectivity index (χ4v) is 4.82. The van der Waals surface area contributed by atoms with Gasteiger partial charge < -0.3 is 9.64 Å². The first-order valence-electron chi connectivity index (χ1n) is 10.0. The molecule has 2 saturated heterocycles. The number of barbiturate groups is 1. The number of anilines is 2. The van der Waals surface area contributed by atoms with Gasteiger partial charge in [-0.1, -0.05) is 18.2 Å². The summed E-state index contributed by atoms with van der Waals surface area (Å²) in [4.78, 5) is 42.3. The molecule has 1 spiro atoms. The van der Waals surface area contributed by atoms with Gasteiger partial charge in [0.15, 0.2) is 5.41 Å². The van der Waals surface area contributed by atoms with Crippen LogP contribution in [-0.2, 0) is 26.9 Å². The number of alkyl halides is 3. The zero-order valence-electron chi connectivity index (χ0n) is 16.7. The number of halogens is 3. The molecule has 2 atom stereocenters. The third kappa shape index (κ3) is 2.89. The number of hydrogen-bond donors (Lipinski definition) is 1. The van der Waals surface area contributed by atoms with Crippen LogP contribution in [0.4, 0.5) is 29.3 Å².